The minimum absolute atomic E-state index is 0.206. The van der Waals surface area contributed by atoms with E-state index in [0.717, 1.165) is 30.9 Å². The zero-order valence-corrected chi connectivity index (χ0v) is 12.9. The average molecular weight is 279 g/mol. The Bertz CT molecular complexity index is 449. The van der Waals surface area contributed by atoms with Gasteiger partial charge in [0.15, 0.2) is 0 Å². The van der Waals surface area contributed by atoms with Gasteiger partial charge >= 0.3 is 0 Å². The van der Waals surface area contributed by atoms with Crippen LogP contribution in [0.5, 0.6) is 11.5 Å². The van der Waals surface area contributed by atoms with Gasteiger partial charge in [0.25, 0.3) is 0 Å². The molecule has 4 heteroatoms. The van der Waals surface area contributed by atoms with E-state index in [1.54, 1.807) is 14.2 Å². The lowest BCUT2D eigenvalue weighted by atomic mass is 9.86. The molecule has 4 nitrogen and oxygen atoms in total. The Kier molecular flexibility index (Phi) is 4.89. The molecule has 0 spiro atoms. The SMILES string of the molecule is CCNC1CC(C)(CCOC)Oc2cc(OC)ccc21. The molecule has 1 heterocycles. The summed E-state index contributed by atoms with van der Waals surface area (Å²) in [4.78, 5) is 0. The quantitative estimate of drug-likeness (QED) is 0.869. The Hall–Kier alpha value is -1.26. The molecular formula is C16H25NO3. The zero-order valence-electron chi connectivity index (χ0n) is 12.9. The summed E-state index contributed by atoms with van der Waals surface area (Å²) in [5.41, 5.74) is 1.00. The molecule has 0 amide bonds. The Morgan fingerprint density at radius 2 is 2.20 bits per heavy atom. The third-order valence-electron chi connectivity index (χ3n) is 3.87. The van der Waals surface area contributed by atoms with Crippen LogP contribution in [0.3, 0.4) is 0 Å². The number of benzene rings is 1. The molecule has 0 aromatic heterocycles. The average Bonchev–Trinajstić information content (AvgIpc) is 2.44. The van der Waals surface area contributed by atoms with Crippen LogP contribution in [-0.4, -0.2) is 33.0 Å². The van der Waals surface area contributed by atoms with Crippen LogP contribution >= 0.6 is 0 Å². The van der Waals surface area contributed by atoms with Crippen molar-refractivity contribution in [3.05, 3.63) is 23.8 Å². The highest BCUT2D eigenvalue weighted by molar-refractivity contribution is 5.44. The van der Waals surface area contributed by atoms with Crippen molar-refractivity contribution >= 4 is 0 Å². The highest BCUT2D eigenvalue weighted by Crippen LogP contribution is 2.42. The monoisotopic (exact) mass is 279 g/mol. The fraction of sp³-hybridized carbons (Fsp3) is 0.625. The first-order valence-electron chi connectivity index (χ1n) is 7.21. The number of ether oxygens (including phenoxy) is 3. The van der Waals surface area contributed by atoms with Gasteiger partial charge in [-0.3, -0.25) is 0 Å². The van der Waals surface area contributed by atoms with E-state index in [9.17, 15) is 0 Å². The van der Waals surface area contributed by atoms with E-state index in [0.29, 0.717) is 12.6 Å². The molecule has 0 saturated carbocycles. The van der Waals surface area contributed by atoms with Crippen molar-refractivity contribution < 1.29 is 14.2 Å². The van der Waals surface area contributed by atoms with Gasteiger partial charge in [0, 0.05) is 44.2 Å². The highest BCUT2D eigenvalue weighted by Gasteiger charge is 2.36. The maximum atomic E-state index is 6.24. The topological polar surface area (TPSA) is 39.7 Å². The van der Waals surface area contributed by atoms with Gasteiger partial charge in [-0.05, 0) is 19.5 Å². The van der Waals surface area contributed by atoms with Crippen LogP contribution in [0.25, 0.3) is 0 Å². The molecule has 2 atom stereocenters. The molecule has 20 heavy (non-hydrogen) atoms. The molecule has 112 valence electrons. The van der Waals surface area contributed by atoms with E-state index >= 15 is 0 Å². The second-order valence-electron chi connectivity index (χ2n) is 5.51. The van der Waals surface area contributed by atoms with Gasteiger partial charge in [0.1, 0.15) is 17.1 Å². The number of fused-ring (bicyclic) bond motifs is 1. The first-order chi connectivity index (χ1) is 9.61. The fourth-order valence-electron chi connectivity index (χ4n) is 2.77. The summed E-state index contributed by atoms with van der Waals surface area (Å²) < 4.78 is 16.8. The van der Waals surface area contributed by atoms with E-state index in [-0.39, 0.29) is 5.60 Å². The third-order valence-corrected chi connectivity index (χ3v) is 3.87. The van der Waals surface area contributed by atoms with Crippen molar-refractivity contribution in [3.63, 3.8) is 0 Å². The first-order valence-corrected chi connectivity index (χ1v) is 7.21. The van der Waals surface area contributed by atoms with Gasteiger partial charge in [-0.1, -0.05) is 13.0 Å². The van der Waals surface area contributed by atoms with Crippen molar-refractivity contribution in [1.29, 1.82) is 0 Å². The number of methoxy groups -OCH3 is 2. The summed E-state index contributed by atoms with van der Waals surface area (Å²) in [6.45, 7) is 5.93. The molecule has 1 N–H and O–H groups in total. The summed E-state index contributed by atoms with van der Waals surface area (Å²) in [6, 6.07) is 6.38. The van der Waals surface area contributed by atoms with Gasteiger partial charge in [-0.2, -0.15) is 0 Å². The molecule has 2 rings (SSSR count). The van der Waals surface area contributed by atoms with E-state index in [1.165, 1.54) is 5.56 Å². The summed E-state index contributed by atoms with van der Waals surface area (Å²) in [7, 11) is 3.40. The Labute approximate surface area is 121 Å². The predicted octanol–water partition coefficient (Wildman–Crippen LogP) is 2.92. The minimum atomic E-state index is -0.206. The molecular weight excluding hydrogens is 254 g/mol. The summed E-state index contributed by atoms with van der Waals surface area (Å²) in [6.07, 6.45) is 1.82. The molecule has 1 aromatic carbocycles. The minimum Gasteiger partial charge on any atom is -0.497 e. The zero-order chi connectivity index (χ0) is 14.6. The van der Waals surface area contributed by atoms with Crippen LogP contribution in [-0.2, 0) is 4.74 Å². The second kappa shape index (κ2) is 6.46. The summed E-state index contributed by atoms with van der Waals surface area (Å²) >= 11 is 0. The lowest BCUT2D eigenvalue weighted by Crippen LogP contribution is -2.42. The number of nitrogens with one attached hydrogen (secondary N) is 1. The Balaban J connectivity index is 2.29. The van der Waals surface area contributed by atoms with Crippen LogP contribution in [0, 0.1) is 0 Å². The molecule has 0 aliphatic carbocycles. The van der Waals surface area contributed by atoms with Gasteiger partial charge < -0.3 is 19.5 Å². The van der Waals surface area contributed by atoms with Gasteiger partial charge in [0.2, 0.25) is 0 Å². The molecule has 0 saturated heterocycles. The first kappa shape index (κ1) is 15.1. The fourth-order valence-corrected chi connectivity index (χ4v) is 2.77. The van der Waals surface area contributed by atoms with Crippen molar-refractivity contribution in [1.82, 2.24) is 5.32 Å². The lowest BCUT2D eigenvalue weighted by molar-refractivity contribution is 0.0170. The van der Waals surface area contributed by atoms with Crippen LogP contribution in [0.1, 0.15) is 38.3 Å². The molecule has 0 bridgehead atoms. The van der Waals surface area contributed by atoms with Crippen molar-refractivity contribution in [3.8, 4) is 11.5 Å². The number of rotatable bonds is 6. The van der Waals surface area contributed by atoms with Gasteiger partial charge in [-0.15, -0.1) is 0 Å². The van der Waals surface area contributed by atoms with E-state index in [2.05, 4.69) is 25.2 Å². The molecule has 0 fully saturated rings. The van der Waals surface area contributed by atoms with E-state index in [4.69, 9.17) is 14.2 Å². The smallest absolute Gasteiger partial charge is 0.128 e. The lowest BCUT2D eigenvalue weighted by Gasteiger charge is -2.40. The van der Waals surface area contributed by atoms with Crippen LogP contribution in [0.4, 0.5) is 0 Å². The standard InChI is InChI=1S/C16H25NO3/c1-5-17-14-11-16(2,8-9-18-3)20-15-10-12(19-4)6-7-13(14)15/h6-7,10,14,17H,5,8-9,11H2,1-4H3. The van der Waals surface area contributed by atoms with Crippen molar-refractivity contribution in [2.45, 2.75) is 38.3 Å². The molecule has 2 unspecified atom stereocenters. The normalized spacial score (nSPS) is 24.9. The number of hydrogen-bond donors (Lipinski definition) is 1. The number of hydrogen-bond acceptors (Lipinski definition) is 4. The summed E-state index contributed by atoms with van der Waals surface area (Å²) in [5.74, 6) is 1.75. The molecule has 1 aliphatic heterocycles. The third kappa shape index (κ3) is 3.25. The van der Waals surface area contributed by atoms with Gasteiger partial charge in [-0.25, -0.2) is 0 Å². The van der Waals surface area contributed by atoms with Crippen LogP contribution < -0.4 is 14.8 Å². The Morgan fingerprint density at radius 3 is 2.85 bits per heavy atom. The van der Waals surface area contributed by atoms with Gasteiger partial charge in [0.05, 0.1) is 7.11 Å². The molecule has 1 aromatic rings. The maximum Gasteiger partial charge on any atom is 0.128 e. The largest absolute Gasteiger partial charge is 0.497 e. The molecule has 1 aliphatic rings. The highest BCUT2D eigenvalue weighted by atomic mass is 16.5. The van der Waals surface area contributed by atoms with Crippen molar-refractivity contribution in [2.24, 2.45) is 0 Å². The van der Waals surface area contributed by atoms with Crippen LogP contribution in [0.15, 0.2) is 18.2 Å². The van der Waals surface area contributed by atoms with Crippen LogP contribution in [0.2, 0.25) is 0 Å². The summed E-state index contributed by atoms with van der Waals surface area (Å²) in [5, 5.41) is 3.55. The second-order valence-corrected chi connectivity index (χ2v) is 5.51. The maximum absolute atomic E-state index is 6.24. The van der Waals surface area contributed by atoms with E-state index < -0.39 is 0 Å². The van der Waals surface area contributed by atoms with Crippen molar-refractivity contribution in [2.75, 3.05) is 27.4 Å². The van der Waals surface area contributed by atoms with E-state index in [1.807, 2.05) is 12.1 Å². The predicted molar refractivity (Wildman–Crippen MR) is 79.6 cm³/mol. The Morgan fingerprint density at radius 1 is 1.40 bits per heavy atom. The molecule has 0 radical (unpaired) electrons.